The first-order chi connectivity index (χ1) is 11.1. The number of hydrogen-bond donors (Lipinski definition) is 2. The number of carboxylic acid groups (broad SMARTS) is 1. The summed E-state index contributed by atoms with van der Waals surface area (Å²) in [4.78, 5) is 22.5. The summed E-state index contributed by atoms with van der Waals surface area (Å²) in [5, 5.41) is 11.0. The number of hydrogen-bond acceptors (Lipinski definition) is 2. The molecule has 0 fully saturated rings. The van der Waals surface area contributed by atoms with Crippen LogP contribution < -0.4 is 5.32 Å². The van der Waals surface area contributed by atoms with Crippen molar-refractivity contribution in [2.24, 2.45) is 0 Å². The van der Waals surface area contributed by atoms with Crippen LogP contribution in [0.5, 0.6) is 0 Å². The van der Waals surface area contributed by atoms with Crippen molar-refractivity contribution in [3.05, 3.63) is 59.2 Å². The number of carbonyl (C=O) groups excluding carboxylic acids is 1. The molecule has 3 rings (SSSR count). The molecule has 1 amide bonds. The second-order valence-corrected chi connectivity index (χ2v) is 5.97. The third kappa shape index (κ3) is 3.22. The molecule has 0 aliphatic heterocycles. The van der Waals surface area contributed by atoms with Gasteiger partial charge in [0.15, 0.2) is 0 Å². The molecule has 0 saturated carbocycles. The fourth-order valence-electron chi connectivity index (χ4n) is 3.19. The maximum atomic E-state index is 11.6. The molecule has 1 unspecified atom stereocenters. The van der Waals surface area contributed by atoms with Gasteiger partial charge >= 0.3 is 6.09 Å². The average Bonchev–Trinajstić information content (AvgIpc) is 2.54. The van der Waals surface area contributed by atoms with Crippen LogP contribution >= 0.6 is 11.6 Å². The smallest absolute Gasteiger partial charge is 0.405 e. The Labute approximate surface area is 139 Å². The fraction of sp³-hybridized carbons (Fsp3) is 0.222. The molecule has 1 atom stereocenters. The summed E-state index contributed by atoms with van der Waals surface area (Å²) in [7, 11) is 0. The van der Waals surface area contributed by atoms with Crippen LogP contribution in [0.15, 0.2) is 42.5 Å². The van der Waals surface area contributed by atoms with Gasteiger partial charge in [-0.15, -0.1) is 0 Å². The lowest BCUT2D eigenvalue weighted by atomic mass is 9.85. The Morgan fingerprint density at radius 2 is 1.96 bits per heavy atom. The summed E-state index contributed by atoms with van der Waals surface area (Å²) >= 11 is 5.67. The molecule has 23 heavy (non-hydrogen) atoms. The Hall–Kier alpha value is -2.33. The van der Waals surface area contributed by atoms with Crippen LogP contribution in [-0.4, -0.2) is 16.4 Å². The van der Waals surface area contributed by atoms with Crippen LogP contribution in [0, 0.1) is 0 Å². The number of benzene rings is 2. The van der Waals surface area contributed by atoms with Gasteiger partial charge in [-0.3, -0.25) is 4.79 Å². The van der Waals surface area contributed by atoms with Crippen LogP contribution in [0.3, 0.4) is 0 Å². The zero-order valence-electron chi connectivity index (χ0n) is 12.4. The predicted molar refractivity (Wildman–Crippen MR) is 88.9 cm³/mol. The van der Waals surface area contributed by atoms with Gasteiger partial charge in [-0.1, -0.05) is 36.4 Å². The highest BCUT2D eigenvalue weighted by molar-refractivity contribution is 6.68. The third-order valence-electron chi connectivity index (χ3n) is 4.20. The molecular formula is C18H16ClNO3. The minimum atomic E-state index is -1.01. The number of carbonyl (C=O) groups is 2. The Bertz CT molecular complexity index is 773. The Morgan fingerprint density at radius 1 is 1.17 bits per heavy atom. The van der Waals surface area contributed by atoms with E-state index >= 15 is 0 Å². The normalized spacial score (nSPS) is 16.5. The van der Waals surface area contributed by atoms with E-state index < -0.39 is 11.3 Å². The van der Waals surface area contributed by atoms with Gasteiger partial charge in [0, 0.05) is 5.56 Å². The number of aryl methyl sites for hydroxylation is 1. The van der Waals surface area contributed by atoms with E-state index in [0.29, 0.717) is 5.56 Å². The van der Waals surface area contributed by atoms with Gasteiger partial charge in [-0.25, -0.2) is 4.79 Å². The lowest BCUT2D eigenvalue weighted by Crippen LogP contribution is -2.29. The second-order valence-electron chi connectivity index (χ2n) is 5.63. The minimum Gasteiger partial charge on any atom is -0.465 e. The molecule has 1 aliphatic carbocycles. The molecule has 4 nitrogen and oxygen atoms in total. The highest BCUT2D eigenvalue weighted by Crippen LogP contribution is 2.34. The van der Waals surface area contributed by atoms with Gasteiger partial charge in [0.2, 0.25) is 0 Å². The molecule has 0 saturated heterocycles. The summed E-state index contributed by atoms with van der Waals surface area (Å²) in [6.45, 7) is 0. The van der Waals surface area contributed by atoms with Gasteiger partial charge in [-0.05, 0) is 59.2 Å². The standard InChI is InChI=1S/C18H16ClNO3/c19-17(21)15-6-2-1-5-13(15)12-8-9-14-11(10-12)4-3-7-16(14)20-18(22)23/h1-2,5-6,8-10,16,20H,3-4,7H2,(H,22,23). The van der Waals surface area contributed by atoms with E-state index in [0.717, 1.165) is 41.5 Å². The molecule has 5 heteroatoms. The van der Waals surface area contributed by atoms with Gasteiger partial charge in [0.1, 0.15) is 0 Å². The van der Waals surface area contributed by atoms with Crippen LogP contribution in [0.2, 0.25) is 0 Å². The fourth-order valence-corrected chi connectivity index (χ4v) is 3.35. The topological polar surface area (TPSA) is 66.4 Å². The minimum absolute atomic E-state index is 0.171. The lowest BCUT2D eigenvalue weighted by Gasteiger charge is -2.26. The number of halogens is 1. The molecule has 0 heterocycles. The largest absolute Gasteiger partial charge is 0.465 e. The molecule has 0 aromatic heterocycles. The van der Waals surface area contributed by atoms with Crippen molar-refractivity contribution in [3.63, 3.8) is 0 Å². The summed E-state index contributed by atoms with van der Waals surface area (Å²) < 4.78 is 0. The molecule has 1 aliphatic rings. The molecule has 0 radical (unpaired) electrons. The van der Waals surface area contributed by atoms with Crippen molar-refractivity contribution < 1.29 is 14.7 Å². The Kier molecular flexibility index (Phi) is 4.35. The highest BCUT2D eigenvalue weighted by Gasteiger charge is 2.22. The SMILES string of the molecule is O=C(O)NC1CCCc2cc(-c3ccccc3C(=O)Cl)ccc21. The molecule has 118 valence electrons. The molecular weight excluding hydrogens is 314 g/mol. The quantitative estimate of drug-likeness (QED) is 0.821. The van der Waals surface area contributed by atoms with Crippen molar-refractivity contribution in [3.8, 4) is 11.1 Å². The average molecular weight is 330 g/mol. The Balaban J connectivity index is 2.02. The maximum Gasteiger partial charge on any atom is 0.405 e. The first kappa shape index (κ1) is 15.6. The van der Waals surface area contributed by atoms with Crippen molar-refractivity contribution in [2.45, 2.75) is 25.3 Å². The zero-order valence-corrected chi connectivity index (χ0v) is 13.1. The van der Waals surface area contributed by atoms with E-state index in [9.17, 15) is 9.59 Å². The van der Waals surface area contributed by atoms with E-state index in [1.54, 1.807) is 12.1 Å². The van der Waals surface area contributed by atoms with Gasteiger partial charge in [0.25, 0.3) is 5.24 Å². The van der Waals surface area contributed by atoms with Crippen molar-refractivity contribution >= 4 is 22.9 Å². The van der Waals surface area contributed by atoms with E-state index in [1.807, 2.05) is 30.3 Å². The predicted octanol–water partition coefficient (Wildman–Crippen LogP) is 4.38. The third-order valence-corrected chi connectivity index (χ3v) is 4.41. The molecule has 2 aromatic rings. The van der Waals surface area contributed by atoms with Gasteiger partial charge < -0.3 is 10.4 Å². The first-order valence-electron chi connectivity index (χ1n) is 7.48. The van der Waals surface area contributed by atoms with Gasteiger partial charge in [0.05, 0.1) is 6.04 Å². The molecule has 0 bridgehead atoms. The number of rotatable bonds is 3. The van der Waals surface area contributed by atoms with E-state index in [2.05, 4.69) is 5.32 Å². The highest BCUT2D eigenvalue weighted by atomic mass is 35.5. The summed E-state index contributed by atoms with van der Waals surface area (Å²) in [5.74, 6) is 0. The summed E-state index contributed by atoms with van der Waals surface area (Å²) in [5.41, 5.74) is 4.32. The van der Waals surface area contributed by atoms with Gasteiger partial charge in [-0.2, -0.15) is 0 Å². The van der Waals surface area contributed by atoms with Crippen LogP contribution in [0.4, 0.5) is 4.79 Å². The number of amides is 1. The van der Waals surface area contributed by atoms with Crippen molar-refractivity contribution in [1.29, 1.82) is 0 Å². The molecule has 0 spiro atoms. The van der Waals surface area contributed by atoms with Crippen LogP contribution in [0.1, 0.15) is 40.4 Å². The van der Waals surface area contributed by atoms with E-state index in [4.69, 9.17) is 16.7 Å². The lowest BCUT2D eigenvalue weighted by molar-refractivity contribution is 0.108. The molecule has 2 aromatic carbocycles. The Morgan fingerprint density at radius 3 is 2.70 bits per heavy atom. The van der Waals surface area contributed by atoms with E-state index in [1.165, 1.54) is 0 Å². The number of nitrogens with one attached hydrogen (secondary N) is 1. The zero-order chi connectivity index (χ0) is 16.4. The van der Waals surface area contributed by atoms with E-state index in [-0.39, 0.29) is 6.04 Å². The van der Waals surface area contributed by atoms with Crippen molar-refractivity contribution in [2.75, 3.05) is 0 Å². The first-order valence-corrected chi connectivity index (χ1v) is 7.85. The molecule has 2 N–H and O–H groups in total. The number of fused-ring (bicyclic) bond motifs is 1. The van der Waals surface area contributed by atoms with Crippen LogP contribution in [0.25, 0.3) is 11.1 Å². The van der Waals surface area contributed by atoms with Crippen LogP contribution in [-0.2, 0) is 6.42 Å². The maximum absolute atomic E-state index is 11.6. The summed E-state index contributed by atoms with van der Waals surface area (Å²) in [6.07, 6.45) is 1.62. The second kappa shape index (κ2) is 6.42. The monoisotopic (exact) mass is 329 g/mol. The summed E-state index contributed by atoms with van der Waals surface area (Å²) in [6, 6.07) is 12.9. The van der Waals surface area contributed by atoms with Crippen molar-refractivity contribution in [1.82, 2.24) is 5.32 Å².